The van der Waals surface area contributed by atoms with Crippen molar-refractivity contribution in [3.63, 3.8) is 0 Å². The van der Waals surface area contributed by atoms with Gasteiger partial charge in [0, 0.05) is 2.85 Å². The van der Waals surface area contributed by atoms with Crippen LogP contribution < -0.4 is 0 Å². The van der Waals surface area contributed by atoms with Crippen LogP contribution in [0.3, 0.4) is 0 Å². The molecule has 3 nitrogen and oxygen atoms in total. The molecule has 1 N–H and O–H groups in total. The number of ether oxygens (including phenoxy) is 1. The fourth-order valence-corrected chi connectivity index (χ4v) is 0.230. The standard InChI is InChI=1S/C5H10O3.CH4.2H2/c1-4(2)5(7)8-3-6;;;/h4,6H,3H2,1-2H3;1H4;2*1H/i;;2*1+1. The van der Waals surface area contributed by atoms with E-state index >= 15 is 0 Å². The van der Waals surface area contributed by atoms with Crippen molar-refractivity contribution in [2.75, 3.05) is 6.79 Å². The van der Waals surface area contributed by atoms with E-state index in [1.54, 1.807) is 13.8 Å². The minimum absolute atomic E-state index is 0. The summed E-state index contributed by atoms with van der Waals surface area (Å²) in [6, 6.07) is 0. The molecule has 0 aromatic heterocycles. The lowest BCUT2D eigenvalue weighted by Crippen LogP contribution is -2.11. The van der Waals surface area contributed by atoms with Crippen LogP contribution in [-0.4, -0.2) is 17.9 Å². The first-order chi connectivity index (χ1) is 3.68. The number of carbonyl (C=O) groups excluding carboxylic acids is 1. The Hall–Kier alpha value is -0.570. The number of rotatable bonds is 2. The Balaban J connectivity index is -0.0000000817. The molecule has 0 heterocycles. The van der Waals surface area contributed by atoms with Crippen LogP contribution in [0.15, 0.2) is 0 Å². The number of hydrogen-bond acceptors (Lipinski definition) is 3. The second-order valence-electron chi connectivity index (χ2n) is 1.75. The number of esters is 1. The normalized spacial score (nSPS) is 8.44. The molecular weight excluding hydrogens is 120 g/mol. The Kier molecular flexibility index (Phi) is 6.96. The van der Waals surface area contributed by atoms with Crippen LogP contribution in [0.4, 0.5) is 0 Å². The van der Waals surface area contributed by atoms with E-state index in [1.807, 2.05) is 0 Å². The van der Waals surface area contributed by atoms with Crippen molar-refractivity contribution in [1.29, 1.82) is 0 Å². The second kappa shape index (κ2) is 5.56. The van der Waals surface area contributed by atoms with Crippen molar-refractivity contribution >= 4 is 5.97 Å². The van der Waals surface area contributed by atoms with Crippen molar-refractivity contribution in [1.82, 2.24) is 0 Å². The van der Waals surface area contributed by atoms with Crippen LogP contribution in [-0.2, 0) is 9.53 Å². The molecule has 0 saturated heterocycles. The van der Waals surface area contributed by atoms with E-state index in [2.05, 4.69) is 4.74 Å². The van der Waals surface area contributed by atoms with Crippen molar-refractivity contribution in [2.45, 2.75) is 21.3 Å². The summed E-state index contributed by atoms with van der Waals surface area (Å²) in [6.45, 7) is 2.90. The first kappa shape index (κ1) is 11.3. The van der Waals surface area contributed by atoms with E-state index in [0.717, 1.165) is 0 Å². The fraction of sp³-hybridized carbons (Fsp3) is 0.833. The summed E-state index contributed by atoms with van der Waals surface area (Å²) < 4.78 is 4.22. The summed E-state index contributed by atoms with van der Waals surface area (Å²) in [4.78, 5) is 10.4. The maximum absolute atomic E-state index is 10.4. The molecule has 0 amide bonds. The average molecular weight is 140 g/mol. The van der Waals surface area contributed by atoms with Gasteiger partial charge in [0.25, 0.3) is 0 Å². The zero-order valence-corrected chi connectivity index (χ0v) is 5.05. The molecule has 0 aromatic rings. The Morgan fingerprint density at radius 2 is 2.22 bits per heavy atom. The summed E-state index contributed by atoms with van der Waals surface area (Å²) in [6.07, 6.45) is 0. The molecule has 0 aromatic carbocycles. The van der Waals surface area contributed by atoms with Crippen LogP contribution in [0.1, 0.15) is 24.1 Å². The van der Waals surface area contributed by atoms with Crippen LogP contribution in [0.2, 0.25) is 0 Å². The summed E-state index contributed by atoms with van der Waals surface area (Å²) >= 11 is 0. The zero-order chi connectivity index (χ0) is 6.57. The lowest BCUT2D eigenvalue weighted by atomic mass is 10.2. The van der Waals surface area contributed by atoms with Gasteiger partial charge in [-0.1, -0.05) is 21.3 Å². The van der Waals surface area contributed by atoms with Gasteiger partial charge in [0.15, 0.2) is 6.79 Å². The summed E-state index contributed by atoms with van der Waals surface area (Å²) in [5.41, 5.74) is 0. The van der Waals surface area contributed by atoms with E-state index < -0.39 is 6.79 Å². The Morgan fingerprint density at radius 1 is 1.78 bits per heavy atom. The van der Waals surface area contributed by atoms with Gasteiger partial charge in [-0.2, -0.15) is 0 Å². The highest BCUT2D eigenvalue weighted by molar-refractivity contribution is 5.71. The molecule has 0 fully saturated rings. The Bertz CT molecular complexity index is 85.9. The zero-order valence-electron chi connectivity index (χ0n) is 5.05. The van der Waals surface area contributed by atoms with Gasteiger partial charge < -0.3 is 9.84 Å². The molecule has 60 valence electrons. The summed E-state index contributed by atoms with van der Waals surface area (Å²) in [5, 5.41) is 8.04. The third-order valence-corrected chi connectivity index (χ3v) is 0.678. The largest absolute Gasteiger partial charge is 0.438 e. The van der Waals surface area contributed by atoms with Gasteiger partial charge in [-0.3, -0.25) is 4.79 Å². The first-order valence-corrected chi connectivity index (χ1v) is 2.46. The summed E-state index contributed by atoms with van der Waals surface area (Å²) in [5.74, 6) is -0.519. The Labute approximate surface area is 58.6 Å². The summed E-state index contributed by atoms with van der Waals surface area (Å²) in [7, 11) is 0. The molecule has 0 aliphatic carbocycles. The lowest BCUT2D eigenvalue weighted by molar-refractivity contribution is -0.155. The number of carbonyl (C=O) groups is 1. The molecule has 0 saturated carbocycles. The number of aliphatic hydroxyl groups excluding tert-OH is 1. The third kappa shape index (κ3) is 5.30. The maximum atomic E-state index is 10.4. The van der Waals surface area contributed by atoms with Gasteiger partial charge >= 0.3 is 5.97 Å². The van der Waals surface area contributed by atoms with Gasteiger partial charge in [0.1, 0.15) is 0 Å². The molecule has 0 aliphatic heterocycles. The fourth-order valence-electron chi connectivity index (χ4n) is 0.230. The minimum atomic E-state index is -0.517. The predicted octanol–water partition coefficient (Wildman–Crippen LogP) is 1.26. The van der Waals surface area contributed by atoms with Gasteiger partial charge in [0.2, 0.25) is 0 Å². The SMILES string of the molecule is C.CC(C)C(=O)OCO.[2HH].[2HH]. The molecule has 9 heavy (non-hydrogen) atoms. The lowest BCUT2D eigenvalue weighted by Gasteiger charge is -2.01. The van der Waals surface area contributed by atoms with Crippen molar-refractivity contribution < 1.29 is 17.5 Å². The third-order valence-electron chi connectivity index (χ3n) is 0.678. The van der Waals surface area contributed by atoms with E-state index in [4.69, 9.17) is 5.11 Å². The highest BCUT2D eigenvalue weighted by Gasteiger charge is 2.05. The van der Waals surface area contributed by atoms with Crippen molar-refractivity contribution in [3.05, 3.63) is 0 Å². The quantitative estimate of drug-likeness (QED) is 0.464. The molecule has 3 heteroatoms. The number of aliphatic hydroxyl groups is 1. The van der Waals surface area contributed by atoms with E-state index in [0.29, 0.717) is 0 Å². The predicted molar refractivity (Wildman–Crippen MR) is 39.0 cm³/mol. The van der Waals surface area contributed by atoms with E-state index in [-0.39, 0.29) is 22.2 Å². The first-order valence-electron chi connectivity index (χ1n) is 2.46. The van der Waals surface area contributed by atoms with Crippen LogP contribution in [0.25, 0.3) is 0 Å². The van der Waals surface area contributed by atoms with Gasteiger partial charge in [0.05, 0.1) is 5.92 Å². The smallest absolute Gasteiger partial charge is 0.310 e. The molecular formula is C6H18O3. The van der Waals surface area contributed by atoms with Crippen molar-refractivity contribution in [3.8, 4) is 0 Å². The van der Waals surface area contributed by atoms with Crippen molar-refractivity contribution in [2.24, 2.45) is 5.92 Å². The highest BCUT2D eigenvalue weighted by Crippen LogP contribution is 1.93. The highest BCUT2D eigenvalue weighted by atomic mass is 16.6. The van der Waals surface area contributed by atoms with Crippen LogP contribution in [0, 0.1) is 5.92 Å². The minimum Gasteiger partial charge on any atom is -0.438 e. The molecule has 0 spiro atoms. The molecule has 0 rings (SSSR count). The molecule has 0 radical (unpaired) electrons. The average Bonchev–Trinajstić information content (AvgIpc) is 1.67. The van der Waals surface area contributed by atoms with Gasteiger partial charge in [-0.05, 0) is 0 Å². The van der Waals surface area contributed by atoms with Crippen LogP contribution >= 0.6 is 0 Å². The monoisotopic (exact) mass is 140 g/mol. The number of hydrogen-bond donors (Lipinski definition) is 1. The second-order valence-corrected chi connectivity index (χ2v) is 1.75. The van der Waals surface area contributed by atoms with Crippen LogP contribution in [0.5, 0.6) is 0 Å². The molecule has 0 unspecified atom stereocenters. The van der Waals surface area contributed by atoms with E-state index in [1.165, 1.54) is 0 Å². The molecule has 0 bridgehead atoms. The molecule has 0 atom stereocenters. The Morgan fingerprint density at radius 3 is 2.33 bits per heavy atom. The van der Waals surface area contributed by atoms with E-state index in [9.17, 15) is 4.79 Å². The van der Waals surface area contributed by atoms with Gasteiger partial charge in [-0.15, -0.1) is 0 Å². The van der Waals surface area contributed by atoms with Gasteiger partial charge in [-0.25, -0.2) is 0 Å². The maximum Gasteiger partial charge on any atom is 0.310 e. The topological polar surface area (TPSA) is 46.5 Å². The molecule has 0 aliphatic rings.